The van der Waals surface area contributed by atoms with E-state index in [0.29, 0.717) is 24.4 Å². The normalized spacial score (nSPS) is 17.3. The molecule has 1 aromatic carbocycles. The van der Waals surface area contributed by atoms with E-state index in [9.17, 15) is 18.8 Å². The number of halogens is 1. The van der Waals surface area contributed by atoms with Crippen molar-refractivity contribution < 1.29 is 28.2 Å². The van der Waals surface area contributed by atoms with E-state index in [1.807, 2.05) is 0 Å². The van der Waals surface area contributed by atoms with Crippen LogP contribution in [-0.4, -0.2) is 62.6 Å². The molecule has 0 radical (unpaired) electrons. The molecule has 2 rings (SSSR count). The summed E-state index contributed by atoms with van der Waals surface area (Å²) in [5.41, 5.74) is 0.403. The van der Waals surface area contributed by atoms with Gasteiger partial charge in [0.05, 0.1) is 26.7 Å². The van der Waals surface area contributed by atoms with Gasteiger partial charge in [0, 0.05) is 31.3 Å². The lowest BCUT2D eigenvalue weighted by Crippen LogP contribution is -2.56. The van der Waals surface area contributed by atoms with Gasteiger partial charge in [-0.1, -0.05) is 6.07 Å². The second kappa shape index (κ2) is 9.14. The number of piperazine rings is 1. The molecule has 9 heteroatoms. The summed E-state index contributed by atoms with van der Waals surface area (Å²) < 4.78 is 23.6. The van der Waals surface area contributed by atoms with Gasteiger partial charge in [-0.05, 0) is 6.07 Å². The van der Waals surface area contributed by atoms with E-state index in [2.05, 4.69) is 15.4 Å². The van der Waals surface area contributed by atoms with Crippen molar-refractivity contribution >= 4 is 17.8 Å². The van der Waals surface area contributed by atoms with Crippen molar-refractivity contribution in [3.63, 3.8) is 0 Å². The topological polar surface area (TPSA) is 97.0 Å². The lowest BCUT2D eigenvalue weighted by atomic mass is 10.1. The van der Waals surface area contributed by atoms with Crippen LogP contribution in [0.15, 0.2) is 18.2 Å². The Morgan fingerprint density at radius 1 is 1.38 bits per heavy atom. The van der Waals surface area contributed by atoms with Gasteiger partial charge in [-0.25, -0.2) is 4.39 Å². The quantitative estimate of drug-likeness (QED) is 0.649. The van der Waals surface area contributed by atoms with Crippen LogP contribution in [0.25, 0.3) is 0 Å². The fourth-order valence-corrected chi connectivity index (χ4v) is 2.67. The van der Waals surface area contributed by atoms with Crippen LogP contribution in [0.3, 0.4) is 0 Å². The Hall–Kier alpha value is -2.68. The Kier molecular flexibility index (Phi) is 6.90. The van der Waals surface area contributed by atoms with Crippen LogP contribution in [0.1, 0.15) is 12.0 Å². The van der Waals surface area contributed by atoms with Crippen molar-refractivity contribution in [1.82, 2.24) is 15.5 Å². The Bertz CT molecular complexity index is 682. The third-order valence-electron chi connectivity index (χ3n) is 4.11. The molecule has 1 fully saturated rings. The number of nitrogens with one attached hydrogen (secondary N) is 2. The number of rotatable bonds is 7. The maximum absolute atomic E-state index is 14.2. The molecular formula is C17H22FN3O5. The molecule has 1 aliphatic rings. The Morgan fingerprint density at radius 3 is 2.81 bits per heavy atom. The fourth-order valence-electron chi connectivity index (χ4n) is 2.67. The lowest BCUT2D eigenvalue weighted by Gasteiger charge is -2.34. The number of ether oxygens (including phenoxy) is 2. The summed E-state index contributed by atoms with van der Waals surface area (Å²) in [5, 5.41) is 5.10. The van der Waals surface area contributed by atoms with E-state index < -0.39 is 23.7 Å². The number of hydrogen-bond acceptors (Lipinski definition) is 6. The van der Waals surface area contributed by atoms with Gasteiger partial charge in [-0.15, -0.1) is 0 Å². The summed E-state index contributed by atoms with van der Waals surface area (Å²) in [6.07, 6.45) is -0.138. The smallest absolute Gasteiger partial charge is 0.325 e. The standard InChI is InChI=1S/C17H22FN3O5/c1-25-12-4-3-11(13(18)7-12)10-21-6-5-19-17(24)14(21)8-15(22)20-9-16(23)26-2/h3-4,7,14H,5-6,8-10H2,1-2H3,(H,19,24)(H,20,22). The molecule has 26 heavy (non-hydrogen) atoms. The molecule has 2 amide bonds. The van der Waals surface area contributed by atoms with E-state index in [-0.39, 0.29) is 25.4 Å². The van der Waals surface area contributed by atoms with Gasteiger partial charge in [0.15, 0.2) is 0 Å². The molecule has 1 atom stereocenters. The molecule has 0 spiro atoms. The fraction of sp³-hybridized carbons (Fsp3) is 0.471. The lowest BCUT2D eigenvalue weighted by molar-refractivity contribution is -0.141. The first kappa shape index (κ1) is 19.6. The highest BCUT2D eigenvalue weighted by Gasteiger charge is 2.32. The van der Waals surface area contributed by atoms with E-state index >= 15 is 0 Å². The molecule has 0 bridgehead atoms. The molecule has 0 aliphatic carbocycles. The monoisotopic (exact) mass is 367 g/mol. The molecule has 142 valence electrons. The zero-order valence-electron chi connectivity index (χ0n) is 14.7. The van der Waals surface area contributed by atoms with Crippen LogP contribution in [0.4, 0.5) is 4.39 Å². The second-order valence-electron chi connectivity index (χ2n) is 5.79. The van der Waals surface area contributed by atoms with Crippen molar-refractivity contribution in [2.75, 3.05) is 33.9 Å². The molecule has 8 nitrogen and oxygen atoms in total. The van der Waals surface area contributed by atoms with Crippen molar-refractivity contribution in [2.24, 2.45) is 0 Å². The molecule has 1 heterocycles. The van der Waals surface area contributed by atoms with E-state index in [4.69, 9.17) is 4.74 Å². The van der Waals surface area contributed by atoms with Crippen LogP contribution in [0.5, 0.6) is 5.75 Å². The number of nitrogens with zero attached hydrogens (tertiary/aromatic N) is 1. The predicted molar refractivity (Wildman–Crippen MR) is 89.8 cm³/mol. The van der Waals surface area contributed by atoms with Gasteiger partial charge >= 0.3 is 5.97 Å². The summed E-state index contributed by atoms with van der Waals surface area (Å²) in [6.45, 7) is 0.804. The zero-order chi connectivity index (χ0) is 19.1. The van der Waals surface area contributed by atoms with Crippen molar-refractivity contribution in [1.29, 1.82) is 0 Å². The number of hydrogen-bond donors (Lipinski definition) is 2. The first-order valence-electron chi connectivity index (χ1n) is 8.12. The number of methoxy groups -OCH3 is 2. The van der Waals surface area contributed by atoms with Crippen LogP contribution in [0.2, 0.25) is 0 Å². The van der Waals surface area contributed by atoms with Crippen molar-refractivity contribution in [2.45, 2.75) is 19.0 Å². The van der Waals surface area contributed by atoms with Gasteiger partial charge in [0.25, 0.3) is 0 Å². The first-order valence-corrected chi connectivity index (χ1v) is 8.12. The Balaban J connectivity index is 2.04. The largest absolute Gasteiger partial charge is 0.497 e. The highest BCUT2D eigenvalue weighted by atomic mass is 19.1. The van der Waals surface area contributed by atoms with Crippen LogP contribution in [-0.2, 0) is 25.7 Å². The molecule has 1 saturated heterocycles. The van der Waals surface area contributed by atoms with E-state index in [0.717, 1.165) is 0 Å². The van der Waals surface area contributed by atoms with Gasteiger partial charge in [-0.2, -0.15) is 0 Å². The third kappa shape index (κ3) is 5.16. The highest BCUT2D eigenvalue weighted by Crippen LogP contribution is 2.20. The van der Waals surface area contributed by atoms with Crippen molar-refractivity contribution in [3.05, 3.63) is 29.6 Å². The van der Waals surface area contributed by atoms with Gasteiger partial charge in [0.2, 0.25) is 11.8 Å². The maximum Gasteiger partial charge on any atom is 0.325 e. The number of carbonyl (C=O) groups excluding carboxylic acids is 3. The summed E-state index contributed by atoms with van der Waals surface area (Å²) in [5.74, 6) is -1.38. The minimum Gasteiger partial charge on any atom is -0.497 e. The third-order valence-corrected chi connectivity index (χ3v) is 4.11. The van der Waals surface area contributed by atoms with Crippen LogP contribution < -0.4 is 15.4 Å². The summed E-state index contributed by atoms with van der Waals surface area (Å²) in [6, 6.07) is 3.76. The number of benzene rings is 1. The first-order chi connectivity index (χ1) is 12.4. The van der Waals surface area contributed by atoms with Crippen LogP contribution in [0, 0.1) is 5.82 Å². The molecule has 1 aromatic rings. The molecule has 1 aliphatic heterocycles. The average Bonchev–Trinajstić information content (AvgIpc) is 2.63. The van der Waals surface area contributed by atoms with Crippen molar-refractivity contribution in [3.8, 4) is 5.75 Å². The van der Waals surface area contributed by atoms with Gasteiger partial charge < -0.3 is 20.1 Å². The maximum atomic E-state index is 14.2. The summed E-state index contributed by atoms with van der Waals surface area (Å²) in [7, 11) is 2.67. The summed E-state index contributed by atoms with van der Waals surface area (Å²) in [4.78, 5) is 37.0. The van der Waals surface area contributed by atoms with Gasteiger partial charge in [0.1, 0.15) is 18.1 Å². The molecule has 2 N–H and O–H groups in total. The predicted octanol–water partition coefficient (Wildman–Crippen LogP) is -0.186. The molecular weight excluding hydrogens is 345 g/mol. The van der Waals surface area contributed by atoms with E-state index in [1.165, 1.54) is 20.3 Å². The highest BCUT2D eigenvalue weighted by molar-refractivity contribution is 5.90. The minimum atomic E-state index is -0.747. The zero-order valence-corrected chi connectivity index (χ0v) is 14.7. The Labute approximate surface area is 150 Å². The number of carbonyl (C=O) groups is 3. The second-order valence-corrected chi connectivity index (χ2v) is 5.79. The number of esters is 1. The Morgan fingerprint density at radius 2 is 2.15 bits per heavy atom. The van der Waals surface area contributed by atoms with E-state index in [1.54, 1.807) is 17.0 Å². The van der Waals surface area contributed by atoms with Gasteiger partial charge in [-0.3, -0.25) is 19.3 Å². The molecule has 1 unspecified atom stereocenters. The summed E-state index contributed by atoms with van der Waals surface area (Å²) >= 11 is 0. The average molecular weight is 367 g/mol. The molecule has 0 saturated carbocycles. The SMILES string of the molecule is COC(=O)CNC(=O)CC1C(=O)NCCN1Cc1ccc(OC)cc1F. The van der Waals surface area contributed by atoms with Crippen LogP contribution >= 0.6 is 0 Å². The minimum absolute atomic E-state index is 0.138. The molecule has 0 aromatic heterocycles. The number of amides is 2.